The normalized spacial score (nSPS) is 11.1. The minimum absolute atomic E-state index is 0.471. The van der Waals surface area contributed by atoms with Gasteiger partial charge in [0.05, 0.1) is 18.0 Å². The molecule has 0 saturated heterocycles. The van der Waals surface area contributed by atoms with Crippen LogP contribution >= 0.6 is 0 Å². The molecule has 19 heavy (non-hydrogen) atoms. The topological polar surface area (TPSA) is 73.9 Å². The highest BCUT2D eigenvalue weighted by Gasteiger charge is 2.08. The van der Waals surface area contributed by atoms with Crippen molar-refractivity contribution >= 4 is 27.8 Å². The van der Waals surface area contributed by atoms with Gasteiger partial charge in [-0.3, -0.25) is 0 Å². The molecule has 3 aromatic rings. The summed E-state index contributed by atoms with van der Waals surface area (Å²) < 4.78 is 5.21. The van der Waals surface area contributed by atoms with Crippen LogP contribution in [0.15, 0.2) is 24.3 Å². The van der Waals surface area contributed by atoms with Crippen molar-refractivity contribution < 1.29 is 4.74 Å². The third-order valence-electron chi connectivity index (χ3n) is 3.08. The van der Waals surface area contributed by atoms with Crippen LogP contribution in [0.2, 0.25) is 0 Å². The number of fused-ring (bicyclic) bond motifs is 2. The molecule has 2 N–H and O–H groups in total. The molecule has 0 aliphatic carbocycles. The Morgan fingerprint density at radius 1 is 1.16 bits per heavy atom. The highest BCUT2D eigenvalue weighted by atomic mass is 16.5. The second kappa shape index (κ2) is 4.35. The minimum Gasteiger partial charge on any atom is -0.497 e. The van der Waals surface area contributed by atoms with Crippen LogP contribution in [0.3, 0.4) is 0 Å². The average Bonchev–Trinajstić information content (AvgIpc) is 2.44. The van der Waals surface area contributed by atoms with Gasteiger partial charge in [0.2, 0.25) is 0 Å². The van der Waals surface area contributed by atoms with Gasteiger partial charge in [-0.05, 0) is 24.3 Å². The number of benzene rings is 1. The van der Waals surface area contributed by atoms with Gasteiger partial charge in [-0.2, -0.15) is 0 Å². The van der Waals surface area contributed by atoms with E-state index in [1.54, 1.807) is 7.11 Å². The molecular weight excluding hydrogens is 240 g/mol. The Balaban J connectivity index is 2.34. The molecule has 0 aliphatic heterocycles. The first-order valence-electron chi connectivity index (χ1n) is 6.12. The van der Waals surface area contributed by atoms with E-state index in [1.165, 1.54) is 0 Å². The molecule has 0 radical (unpaired) electrons. The SMILES string of the molecule is CCc1nc(N)c2cc3cc(OC)ccc3nc2n1. The van der Waals surface area contributed by atoms with Crippen LogP contribution in [-0.2, 0) is 6.42 Å². The average molecular weight is 254 g/mol. The molecule has 0 spiro atoms. The van der Waals surface area contributed by atoms with Crippen molar-refractivity contribution in [2.75, 3.05) is 12.8 Å². The van der Waals surface area contributed by atoms with Gasteiger partial charge in [-0.1, -0.05) is 6.92 Å². The largest absolute Gasteiger partial charge is 0.497 e. The number of hydrogen-bond donors (Lipinski definition) is 1. The molecule has 0 fully saturated rings. The van der Waals surface area contributed by atoms with Crippen LogP contribution in [-0.4, -0.2) is 22.1 Å². The summed E-state index contributed by atoms with van der Waals surface area (Å²) in [6.07, 6.45) is 0.739. The summed E-state index contributed by atoms with van der Waals surface area (Å²) in [7, 11) is 1.64. The van der Waals surface area contributed by atoms with Crippen molar-refractivity contribution in [3.8, 4) is 5.75 Å². The quantitative estimate of drug-likeness (QED) is 0.710. The molecule has 5 heteroatoms. The van der Waals surface area contributed by atoms with Crippen LogP contribution in [0.5, 0.6) is 5.75 Å². The van der Waals surface area contributed by atoms with E-state index in [1.807, 2.05) is 31.2 Å². The number of aromatic nitrogens is 3. The molecule has 0 atom stereocenters. The van der Waals surface area contributed by atoms with Gasteiger partial charge >= 0.3 is 0 Å². The van der Waals surface area contributed by atoms with Gasteiger partial charge < -0.3 is 10.5 Å². The van der Waals surface area contributed by atoms with Gasteiger partial charge in [-0.25, -0.2) is 15.0 Å². The van der Waals surface area contributed by atoms with Crippen molar-refractivity contribution in [3.63, 3.8) is 0 Å². The zero-order valence-corrected chi connectivity index (χ0v) is 10.8. The maximum absolute atomic E-state index is 5.97. The highest BCUT2D eigenvalue weighted by molar-refractivity contribution is 5.96. The molecule has 2 aromatic heterocycles. The zero-order valence-electron chi connectivity index (χ0n) is 10.8. The molecule has 0 aliphatic rings. The van der Waals surface area contributed by atoms with E-state index >= 15 is 0 Å². The van der Waals surface area contributed by atoms with Crippen molar-refractivity contribution in [1.82, 2.24) is 15.0 Å². The Labute approximate surface area is 110 Å². The number of nitrogen functional groups attached to an aromatic ring is 1. The molecule has 3 rings (SSSR count). The first-order chi connectivity index (χ1) is 9.21. The van der Waals surface area contributed by atoms with Gasteiger partial charge in [0, 0.05) is 11.8 Å². The number of hydrogen-bond acceptors (Lipinski definition) is 5. The van der Waals surface area contributed by atoms with Crippen molar-refractivity contribution in [3.05, 3.63) is 30.1 Å². The number of aryl methyl sites for hydroxylation is 1. The van der Waals surface area contributed by atoms with E-state index in [0.717, 1.165) is 28.5 Å². The first-order valence-corrected chi connectivity index (χ1v) is 6.12. The molecule has 0 amide bonds. The maximum Gasteiger partial charge on any atom is 0.165 e. The predicted octanol–water partition coefficient (Wildman–Crippen LogP) is 2.33. The number of rotatable bonds is 2. The number of ether oxygens (including phenoxy) is 1. The lowest BCUT2D eigenvalue weighted by molar-refractivity contribution is 0.415. The second-order valence-corrected chi connectivity index (χ2v) is 4.30. The number of nitrogens with two attached hydrogens (primary N) is 1. The van der Waals surface area contributed by atoms with E-state index < -0.39 is 0 Å². The number of pyridine rings is 1. The van der Waals surface area contributed by atoms with Gasteiger partial charge in [-0.15, -0.1) is 0 Å². The van der Waals surface area contributed by atoms with Crippen molar-refractivity contribution in [2.45, 2.75) is 13.3 Å². The first kappa shape index (κ1) is 11.6. The Morgan fingerprint density at radius 2 is 2.00 bits per heavy atom. The molecule has 5 nitrogen and oxygen atoms in total. The van der Waals surface area contributed by atoms with E-state index in [0.29, 0.717) is 17.3 Å². The lowest BCUT2D eigenvalue weighted by atomic mass is 10.1. The van der Waals surface area contributed by atoms with E-state index in [9.17, 15) is 0 Å². The van der Waals surface area contributed by atoms with Crippen LogP contribution in [0.1, 0.15) is 12.7 Å². The van der Waals surface area contributed by atoms with Crippen LogP contribution in [0.4, 0.5) is 5.82 Å². The molecule has 0 bridgehead atoms. The summed E-state index contributed by atoms with van der Waals surface area (Å²) in [4.78, 5) is 13.2. The summed E-state index contributed by atoms with van der Waals surface area (Å²) in [5, 5.41) is 1.74. The summed E-state index contributed by atoms with van der Waals surface area (Å²) in [5.41, 5.74) is 7.48. The maximum atomic E-state index is 5.97. The third-order valence-corrected chi connectivity index (χ3v) is 3.08. The number of anilines is 1. The lowest BCUT2D eigenvalue weighted by Gasteiger charge is -2.06. The van der Waals surface area contributed by atoms with Crippen molar-refractivity contribution in [1.29, 1.82) is 0 Å². The smallest absolute Gasteiger partial charge is 0.165 e. The summed E-state index contributed by atoms with van der Waals surface area (Å²) >= 11 is 0. The monoisotopic (exact) mass is 254 g/mol. The molecule has 2 heterocycles. The summed E-state index contributed by atoms with van der Waals surface area (Å²) in [6.45, 7) is 1.99. The van der Waals surface area contributed by atoms with Crippen molar-refractivity contribution in [2.24, 2.45) is 0 Å². The Hall–Kier alpha value is -2.43. The Bertz CT molecular complexity index is 770. The van der Waals surface area contributed by atoms with Crippen LogP contribution < -0.4 is 10.5 Å². The Morgan fingerprint density at radius 3 is 2.74 bits per heavy atom. The zero-order chi connectivity index (χ0) is 13.4. The third kappa shape index (κ3) is 1.93. The summed E-state index contributed by atoms with van der Waals surface area (Å²) in [6, 6.07) is 7.67. The fourth-order valence-corrected chi connectivity index (χ4v) is 2.05. The molecule has 1 aromatic carbocycles. The fourth-order valence-electron chi connectivity index (χ4n) is 2.05. The second-order valence-electron chi connectivity index (χ2n) is 4.30. The van der Waals surface area contributed by atoms with Crippen LogP contribution in [0, 0.1) is 0 Å². The fraction of sp³-hybridized carbons (Fsp3) is 0.214. The standard InChI is InChI=1S/C14H14N4O/c1-3-12-17-13(15)10-7-8-6-9(19-2)4-5-11(8)16-14(10)18-12/h4-7H,3H2,1-2H3,(H2,15,16,17,18). The van der Waals surface area contributed by atoms with Crippen LogP contribution in [0.25, 0.3) is 21.9 Å². The van der Waals surface area contributed by atoms with E-state index in [2.05, 4.69) is 15.0 Å². The number of methoxy groups -OCH3 is 1. The molecule has 0 unspecified atom stereocenters. The summed E-state index contributed by atoms with van der Waals surface area (Å²) in [5.74, 6) is 1.97. The van der Waals surface area contributed by atoms with Gasteiger partial charge in [0.25, 0.3) is 0 Å². The number of nitrogens with zero attached hydrogens (tertiary/aromatic N) is 3. The molecule has 0 saturated carbocycles. The minimum atomic E-state index is 0.471. The predicted molar refractivity (Wildman–Crippen MR) is 75.2 cm³/mol. The molecular formula is C14H14N4O. The lowest BCUT2D eigenvalue weighted by Crippen LogP contribution is -2.01. The molecule has 96 valence electrons. The van der Waals surface area contributed by atoms with Gasteiger partial charge in [0.1, 0.15) is 17.4 Å². The Kier molecular flexibility index (Phi) is 2.67. The highest BCUT2D eigenvalue weighted by Crippen LogP contribution is 2.25. The van der Waals surface area contributed by atoms with Gasteiger partial charge in [0.15, 0.2) is 5.65 Å². The van der Waals surface area contributed by atoms with E-state index in [-0.39, 0.29) is 0 Å². The van der Waals surface area contributed by atoms with E-state index in [4.69, 9.17) is 10.5 Å².